The van der Waals surface area contributed by atoms with Crippen LogP contribution in [0.25, 0.3) is 21.9 Å². The molecule has 0 saturated heterocycles. The van der Waals surface area contributed by atoms with Gasteiger partial charge in [0.05, 0.1) is 6.54 Å². The van der Waals surface area contributed by atoms with E-state index < -0.39 is 0 Å². The van der Waals surface area contributed by atoms with Gasteiger partial charge < -0.3 is 15.1 Å². The molecule has 0 saturated carbocycles. The Balaban J connectivity index is 1.39. The first-order chi connectivity index (χ1) is 14.5. The molecule has 0 spiro atoms. The molecule has 0 aliphatic rings. The van der Waals surface area contributed by atoms with E-state index in [1.54, 1.807) is 19.2 Å². The first-order valence-corrected chi connectivity index (χ1v) is 9.74. The number of para-hydroxylation sites is 1. The molecule has 0 aliphatic heterocycles. The summed E-state index contributed by atoms with van der Waals surface area (Å²) in [5.74, 6) is -0.205. The van der Waals surface area contributed by atoms with E-state index in [2.05, 4.69) is 10.6 Å². The van der Waals surface area contributed by atoms with Crippen LogP contribution in [-0.4, -0.2) is 37.4 Å². The van der Waals surface area contributed by atoms with Gasteiger partial charge in [-0.05, 0) is 49.0 Å². The zero-order valence-electron chi connectivity index (χ0n) is 16.9. The van der Waals surface area contributed by atoms with Crippen LogP contribution in [0.1, 0.15) is 15.9 Å². The first kappa shape index (κ1) is 19.7. The van der Waals surface area contributed by atoms with E-state index in [0.717, 1.165) is 33.2 Å². The van der Waals surface area contributed by atoms with E-state index in [9.17, 15) is 9.59 Å². The fourth-order valence-corrected chi connectivity index (χ4v) is 3.52. The molecule has 3 aromatic carbocycles. The van der Waals surface area contributed by atoms with Gasteiger partial charge in [-0.2, -0.15) is 0 Å². The van der Waals surface area contributed by atoms with Crippen molar-refractivity contribution in [3.05, 3.63) is 77.9 Å². The lowest BCUT2D eigenvalue weighted by Gasteiger charge is -2.16. The Morgan fingerprint density at radius 1 is 0.933 bits per heavy atom. The van der Waals surface area contributed by atoms with E-state index in [1.165, 1.54) is 0 Å². The number of hydrogen-bond acceptors (Lipinski definition) is 4. The van der Waals surface area contributed by atoms with Crippen LogP contribution in [0.3, 0.4) is 0 Å². The van der Waals surface area contributed by atoms with Gasteiger partial charge >= 0.3 is 0 Å². The quantitative estimate of drug-likeness (QED) is 0.512. The standard InChI is InChI=1S/C24H23N3O3/c1-25-24(29)17-9-7-16(8-10-17)14-27(2)15-23(28)26-18-11-12-22-20(13-18)19-5-3-4-6-21(19)30-22/h3-13H,14-15H2,1-2H3,(H,25,29)(H,26,28). The lowest BCUT2D eigenvalue weighted by atomic mass is 10.1. The number of carbonyl (C=O) groups excluding carboxylic acids is 2. The molecule has 2 amide bonds. The van der Waals surface area contributed by atoms with Crippen LogP contribution < -0.4 is 10.6 Å². The molecule has 30 heavy (non-hydrogen) atoms. The van der Waals surface area contributed by atoms with Crippen molar-refractivity contribution in [1.82, 2.24) is 10.2 Å². The third-order valence-electron chi connectivity index (χ3n) is 4.97. The van der Waals surface area contributed by atoms with Crippen molar-refractivity contribution in [2.24, 2.45) is 0 Å². The molecule has 0 atom stereocenters. The van der Waals surface area contributed by atoms with E-state index in [0.29, 0.717) is 12.1 Å². The number of amides is 2. The number of nitrogens with zero attached hydrogens (tertiary/aromatic N) is 1. The second-order valence-corrected chi connectivity index (χ2v) is 7.31. The molecule has 0 bridgehead atoms. The minimum Gasteiger partial charge on any atom is -0.456 e. The maximum Gasteiger partial charge on any atom is 0.251 e. The maximum atomic E-state index is 12.5. The number of rotatable bonds is 6. The summed E-state index contributed by atoms with van der Waals surface area (Å²) in [5, 5.41) is 7.57. The molecule has 6 nitrogen and oxygen atoms in total. The topological polar surface area (TPSA) is 74.6 Å². The van der Waals surface area contributed by atoms with Gasteiger partial charge in [0, 0.05) is 35.6 Å². The lowest BCUT2D eigenvalue weighted by Crippen LogP contribution is -2.29. The summed E-state index contributed by atoms with van der Waals surface area (Å²) >= 11 is 0. The number of nitrogens with one attached hydrogen (secondary N) is 2. The Hall–Kier alpha value is -3.64. The summed E-state index contributed by atoms with van der Waals surface area (Å²) in [6.45, 7) is 0.855. The molecule has 2 N–H and O–H groups in total. The third-order valence-corrected chi connectivity index (χ3v) is 4.97. The van der Waals surface area contributed by atoms with E-state index in [4.69, 9.17) is 4.42 Å². The van der Waals surface area contributed by atoms with Crippen LogP contribution in [0.5, 0.6) is 0 Å². The predicted octanol–water partition coefficient (Wildman–Crippen LogP) is 4.02. The SMILES string of the molecule is CNC(=O)c1ccc(CN(C)CC(=O)Nc2ccc3oc4ccccc4c3c2)cc1. The molecule has 4 aromatic rings. The number of likely N-dealkylation sites (N-methyl/N-ethyl adjacent to an activating group) is 1. The van der Waals surface area contributed by atoms with Crippen molar-refractivity contribution in [1.29, 1.82) is 0 Å². The van der Waals surface area contributed by atoms with Crippen LogP contribution >= 0.6 is 0 Å². The lowest BCUT2D eigenvalue weighted by molar-refractivity contribution is -0.117. The zero-order chi connectivity index (χ0) is 21.1. The second kappa shape index (κ2) is 8.39. The monoisotopic (exact) mass is 401 g/mol. The fraction of sp³-hybridized carbons (Fsp3) is 0.167. The smallest absolute Gasteiger partial charge is 0.251 e. The van der Waals surface area contributed by atoms with Crippen molar-refractivity contribution in [3.63, 3.8) is 0 Å². The van der Waals surface area contributed by atoms with Crippen LogP contribution in [0.2, 0.25) is 0 Å². The summed E-state index contributed by atoms with van der Waals surface area (Å²) in [6, 6.07) is 20.9. The van der Waals surface area contributed by atoms with E-state index in [-0.39, 0.29) is 18.4 Å². The molecule has 0 unspecified atom stereocenters. The normalized spacial score (nSPS) is 11.2. The highest BCUT2D eigenvalue weighted by Gasteiger charge is 2.11. The molecular weight excluding hydrogens is 378 g/mol. The summed E-state index contributed by atoms with van der Waals surface area (Å²) < 4.78 is 5.83. The summed E-state index contributed by atoms with van der Waals surface area (Å²) in [5.41, 5.74) is 4.01. The van der Waals surface area contributed by atoms with Crippen LogP contribution in [0, 0.1) is 0 Å². The molecule has 152 valence electrons. The van der Waals surface area contributed by atoms with Crippen molar-refractivity contribution in [2.45, 2.75) is 6.54 Å². The number of fused-ring (bicyclic) bond motifs is 3. The minimum absolute atomic E-state index is 0.0911. The summed E-state index contributed by atoms with van der Waals surface area (Å²) in [6.07, 6.45) is 0. The highest BCUT2D eigenvalue weighted by molar-refractivity contribution is 6.07. The molecule has 6 heteroatoms. The van der Waals surface area contributed by atoms with Gasteiger partial charge in [-0.3, -0.25) is 14.5 Å². The molecule has 0 radical (unpaired) electrons. The van der Waals surface area contributed by atoms with Gasteiger partial charge in [0.2, 0.25) is 5.91 Å². The third kappa shape index (κ3) is 4.18. The Morgan fingerprint density at radius 3 is 2.43 bits per heavy atom. The highest BCUT2D eigenvalue weighted by atomic mass is 16.3. The minimum atomic E-state index is -0.114. The van der Waals surface area contributed by atoms with E-state index >= 15 is 0 Å². The van der Waals surface area contributed by atoms with Crippen LogP contribution in [0.4, 0.5) is 5.69 Å². The number of anilines is 1. The van der Waals surface area contributed by atoms with Gasteiger partial charge in [-0.15, -0.1) is 0 Å². The zero-order valence-corrected chi connectivity index (χ0v) is 16.9. The first-order valence-electron chi connectivity index (χ1n) is 9.74. The predicted molar refractivity (Wildman–Crippen MR) is 119 cm³/mol. The molecule has 1 aromatic heterocycles. The number of hydrogen-bond donors (Lipinski definition) is 2. The van der Waals surface area contributed by atoms with Gasteiger partial charge in [0.15, 0.2) is 0 Å². The highest BCUT2D eigenvalue weighted by Crippen LogP contribution is 2.30. The molecular formula is C24H23N3O3. The largest absolute Gasteiger partial charge is 0.456 e. The van der Waals surface area contributed by atoms with Crippen molar-refractivity contribution in [2.75, 3.05) is 26.0 Å². The van der Waals surface area contributed by atoms with Gasteiger partial charge in [0.25, 0.3) is 5.91 Å². The second-order valence-electron chi connectivity index (χ2n) is 7.31. The number of carbonyl (C=O) groups is 2. The number of benzene rings is 3. The Labute approximate surface area is 174 Å². The average Bonchev–Trinajstić information content (AvgIpc) is 3.11. The van der Waals surface area contributed by atoms with Gasteiger partial charge in [-0.1, -0.05) is 30.3 Å². The van der Waals surface area contributed by atoms with Gasteiger partial charge in [0.1, 0.15) is 11.2 Å². The maximum absolute atomic E-state index is 12.5. The van der Waals surface area contributed by atoms with E-state index in [1.807, 2.05) is 66.5 Å². The van der Waals surface area contributed by atoms with Crippen molar-refractivity contribution in [3.8, 4) is 0 Å². The fourth-order valence-electron chi connectivity index (χ4n) is 3.52. The summed E-state index contributed by atoms with van der Waals surface area (Å²) in [4.78, 5) is 26.1. The van der Waals surface area contributed by atoms with Gasteiger partial charge in [-0.25, -0.2) is 0 Å². The van der Waals surface area contributed by atoms with Crippen LogP contribution in [0.15, 0.2) is 71.1 Å². The average molecular weight is 401 g/mol. The Morgan fingerprint density at radius 2 is 1.67 bits per heavy atom. The number of furan rings is 1. The van der Waals surface area contributed by atoms with Crippen molar-refractivity contribution < 1.29 is 14.0 Å². The Kier molecular flexibility index (Phi) is 5.50. The molecule has 0 aliphatic carbocycles. The molecule has 4 rings (SSSR count). The van der Waals surface area contributed by atoms with Crippen molar-refractivity contribution >= 4 is 39.4 Å². The van der Waals surface area contributed by atoms with Crippen LogP contribution in [-0.2, 0) is 11.3 Å². The molecule has 0 fully saturated rings. The summed E-state index contributed by atoms with van der Waals surface area (Å²) in [7, 11) is 3.49. The molecule has 1 heterocycles. The Bertz CT molecular complexity index is 1210.